The zero-order valence-corrected chi connectivity index (χ0v) is 13.1. The first kappa shape index (κ1) is 15.4. The van der Waals surface area contributed by atoms with Gasteiger partial charge in [0, 0.05) is 24.5 Å². The van der Waals surface area contributed by atoms with Crippen molar-refractivity contribution in [1.29, 1.82) is 0 Å². The van der Waals surface area contributed by atoms with Crippen LogP contribution in [0.2, 0.25) is 0 Å². The van der Waals surface area contributed by atoms with Gasteiger partial charge in [0.25, 0.3) is 10.2 Å². The molecule has 1 aliphatic carbocycles. The predicted molar refractivity (Wildman–Crippen MR) is 74.5 cm³/mol. The molecule has 1 N–H and O–H groups in total. The van der Waals surface area contributed by atoms with Gasteiger partial charge < -0.3 is 0 Å². The fourth-order valence-electron chi connectivity index (χ4n) is 2.38. The Morgan fingerprint density at radius 1 is 1.24 bits per heavy atom. The average molecular weight is 327 g/mol. The van der Waals surface area contributed by atoms with Crippen LogP contribution in [0.15, 0.2) is 0 Å². The number of nitrogens with one attached hydrogen (secondary N) is 1. The van der Waals surface area contributed by atoms with Crippen LogP contribution in [0.3, 0.4) is 0 Å². The Bertz CT molecular complexity index is 317. The summed E-state index contributed by atoms with van der Waals surface area (Å²) in [5, 5.41) is 0.873. The molecule has 4 nitrogen and oxygen atoms in total. The SMILES string of the molecule is CCN(CC)S(=O)(=O)NC1CCCCC1CBr. The van der Waals surface area contributed by atoms with E-state index in [0.29, 0.717) is 19.0 Å². The molecule has 0 aromatic heterocycles. The van der Waals surface area contributed by atoms with Gasteiger partial charge in [-0.15, -0.1) is 0 Å². The summed E-state index contributed by atoms with van der Waals surface area (Å²) in [6.07, 6.45) is 4.39. The number of rotatable bonds is 6. The highest BCUT2D eigenvalue weighted by atomic mass is 79.9. The fraction of sp³-hybridized carbons (Fsp3) is 1.00. The molecule has 0 aliphatic heterocycles. The quantitative estimate of drug-likeness (QED) is 0.760. The summed E-state index contributed by atoms with van der Waals surface area (Å²) < 4.78 is 28.6. The van der Waals surface area contributed by atoms with Gasteiger partial charge in [-0.05, 0) is 18.8 Å². The van der Waals surface area contributed by atoms with Gasteiger partial charge in [-0.1, -0.05) is 42.6 Å². The van der Waals surface area contributed by atoms with E-state index in [1.165, 1.54) is 10.7 Å². The maximum absolute atomic E-state index is 12.1. The lowest BCUT2D eigenvalue weighted by molar-refractivity contribution is 0.308. The summed E-state index contributed by atoms with van der Waals surface area (Å²) in [4.78, 5) is 0. The van der Waals surface area contributed by atoms with Crippen LogP contribution in [0.1, 0.15) is 39.5 Å². The molecule has 2 unspecified atom stereocenters. The number of halogens is 1. The highest BCUT2D eigenvalue weighted by Crippen LogP contribution is 2.26. The minimum absolute atomic E-state index is 0.0914. The lowest BCUT2D eigenvalue weighted by Crippen LogP contribution is -2.49. The standard InChI is InChI=1S/C11H23BrN2O2S/c1-3-14(4-2)17(15,16)13-11-8-6-5-7-10(11)9-12/h10-11,13H,3-9H2,1-2H3. The molecule has 1 rings (SSSR count). The maximum atomic E-state index is 12.1. The van der Waals surface area contributed by atoms with Crippen LogP contribution < -0.4 is 4.72 Å². The predicted octanol–water partition coefficient (Wildman–Crippen LogP) is 2.12. The van der Waals surface area contributed by atoms with Crippen LogP contribution in [0.5, 0.6) is 0 Å². The summed E-state index contributed by atoms with van der Waals surface area (Å²) in [6.45, 7) is 4.78. The second kappa shape index (κ2) is 7.07. The van der Waals surface area contributed by atoms with E-state index >= 15 is 0 Å². The molecule has 2 atom stereocenters. The summed E-state index contributed by atoms with van der Waals surface area (Å²) in [6, 6.07) is 0.0914. The van der Waals surface area contributed by atoms with Crippen molar-refractivity contribution in [1.82, 2.24) is 9.03 Å². The second-order valence-corrected chi connectivity index (χ2v) is 6.86. The number of hydrogen-bond donors (Lipinski definition) is 1. The van der Waals surface area contributed by atoms with Gasteiger partial charge in [-0.2, -0.15) is 17.4 Å². The van der Waals surface area contributed by atoms with Crippen molar-refractivity contribution in [3.8, 4) is 0 Å². The Morgan fingerprint density at radius 3 is 2.35 bits per heavy atom. The van der Waals surface area contributed by atoms with Crippen LogP contribution in [-0.4, -0.2) is 37.2 Å². The molecule has 0 saturated heterocycles. The summed E-state index contributed by atoms with van der Waals surface area (Å²) in [5.41, 5.74) is 0. The highest BCUT2D eigenvalue weighted by Gasteiger charge is 2.29. The third-order valence-corrected chi connectivity index (χ3v) is 6.08. The van der Waals surface area contributed by atoms with Crippen LogP contribution in [0, 0.1) is 5.92 Å². The topological polar surface area (TPSA) is 49.4 Å². The van der Waals surface area contributed by atoms with E-state index in [-0.39, 0.29) is 6.04 Å². The zero-order valence-electron chi connectivity index (χ0n) is 10.7. The first-order valence-corrected chi connectivity index (χ1v) is 8.94. The van der Waals surface area contributed by atoms with Crippen molar-refractivity contribution in [2.45, 2.75) is 45.6 Å². The smallest absolute Gasteiger partial charge is 0.199 e. The van der Waals surface area contributed by atoms with E-state index in [2.05, 4.69) is 20.7 Å². The lowest BCUT2D eigenvalue weighted by atomic mass is 9.87. The van der Waals surface area contributed by atoms with Gasteiger partial charge in [0.2, 0.25) is 0 Å². The molecule has 1 aliphatic rings. The normalized spacial score (nSPS) is 26.4. The van der Waals surface area contributed by atoms with Crippen molar-refractivity contribution in [2.75, 3.05) is 18.4 Å². The van der Waals surface area contributed by atoms with Gasteiger partial charge in [-0.3, -0.25) is 0 Å². The Balaban J connectivity index is 2.68. The Kier molecular flexibility index (Phi) is 6.40. The molecule has 17 heavy (non-hydrogen) atoms. The van der Waals surface area contributed by atoms with E-state index in [0.717, 1.165) is 24.6 Å². The van der Waals surface area contributed by atoms with Crippen LogP contribution >= 0.6 is 15.9 Å². The summed E-state index contributed by atoms with van der Waals surface area (Å²) in [5.74, 6) is 0.425. The van der Waals surface area contributed by atoms with E-state index in [4.69, 9.17) is 0 Å². The molecule has 0 aromatic carbocycles. The monoisotopic (exact) mass is 326 g/mol. The second-order valence-electron chi connectivity index (χ2n) is 4.51. The number of nitrogens with zero attached hydrogens (tertiary/aromatic N) is 1. The molecular weight excluding hydrogens is 304 g/mol. The molecule has 1 fully saturated rings. The molecule has 0 bridgehead atoms. The third kappa shape index (κ3) is 4.19. The molecular formula is C11H23BrN2O2S. The van der Waals surface area contributed by atoms with Crippen molar-refractivity contribution >= 4 is 26.1 Å². The van der Waals surface area contributed by atoms with Crippen molar-refractivity contribution in [3.05, 3.63) is 0 Å². The van der Waals surface area contributed by atoms with E-state index in [1.807, 2.05) is 13.8 Å². The first-order chi connectivity index (χ1) is 8.05. The molecule has 6 heteroatoms. The zero-order chi connectivity index (χ0) is 12.9. The fourth-order valence-corrected chi connectivity index (χ4v) is 4.67. The van der Waals surface area contributed by atoms with E-state index in [9.17, 15) is 8.42 Å². The van der Waals surface area contributed by atoms with Gasteiger partial charge in [0.1, 0.15) is 0 Å². The molecule has 0 aromatic rings. The van der Waals surface area contributed by atoms with Crippen molar-refractivity contribution in [3.63, 3.8) is 0 Å². The summed E-state index contributed by atoms with van der Waals surface area (Å²) in [7, 11) is -3.30. The lowest BCUT2D eigenvalue weighted by Gasteiger charge is -2.32. The molecule has 102 valence electrons. The molecule has 0 amide bonds. The Hall–Kier alpha value is 0.350. The average Bonchev–Trinajstić information content (AvgIpc) is 2.30. The van der Waals surface area contributed by atoms with Gasteiger partial charge in [0.15, 0.2) is 0 Å². The third-order valence-electron chi connectivity index (χ3n) is 3.45. The Morgan fingerprint density at radius 2 is 1.82 bits per heavy atom. The highest BCUT2D eigenvalue weighted by molar-refractivity contribution is 9.09. The number of hydrogen-bond acceptors (Lipinski definition) is 2. The first-order valence-electron chi connectivity index (χ1n) is 6.38. The summed E-state index contributed by atoms with van der Waals surface area (Å²) >= 11 is 3.48. The van der Waals surface area contributed by atoms with Crippen molar-refractivity contribution in [2.24, 2.45) is 5.92 Å². The van der Waals surface area contributed by atoms with Crippen LogP contribution in [0.4, 0.5) is 0 Å². The van der Waals surface area contributed by atoms with Crippen LogP contribution in [0.25, 0.3) is 0 Å². The minimum Gasteiger partial charge on any atom is -0.199 e. The van der Waals surface area contributed by atoms with Gasteiger partial charge in [0.05, 0.1) is 0 Å². The maximum Gasteiger partial charge on any atom is 0.279 e. The van der Waals surface area contributed by atoms with Crippen molar-refractivity contribution < 1.29 is 8.42 Å². The Labute approximate surface area is 113 Å². The largest absolute Gasteiger partial charge is 0.279 e. The number of alkyl halides is 1. The van der Waals surface area contributed by atoms with E-state index in [1.54, 1.807) is 0 Å². The minimum atomic E-state index is -3.30. The molecule has 1 saturated carbocycles. The molecule has 0 heterocycles. The molecule has 0 spiro atoms. The van der Waals surface area contributed by atoms with Gasteiger partial charge >= 0.3 is 0 Å². The van der Waals surface area contributed by atoms with Gasteiger partial charge in [-0.25, -0.2) is 0 Å². The van der Waals surface area contributed by atoms with Crippen LogP contribution in [-0.2, 0) is 10.2 Å². The van der Waals surface area contributed by atoms with E-state index < -0.39 is 10.2 Å². The molecule has 0 radical (unpaired) electrons.